The number of nitrogens with one attached hydrogen (secondary N) is 5. The van der Waals surface area contributed by atoms with Crippen LogP contribution in [0.3, 0.4) is 0 Å². The molecule has 4 amide bonds. The zero-order valence-corrected chi connectivity index (χ0v) is 37.5. The van der Waals surface area contributed by atoms with Gasteiger partial charge in [0.2, 0.25) is 0 Å². The van der Waals surface area contributed by atoms with Gasteiger partial charge in [-0.25, -0.2) is 14.6 Å². The highest BCUT2D eigenvalue weighted by Crippen LogP contribution is 2.44. The average Bonchev–Trinajstić information content (AvgIpc) is 3.18. The quantitative estimate of drug-likeness (QED) is 0.0481. The molecule has 0 saturated carbocycles. The largest absolute Gasteiger partial charge is 0.456 e. The Morgan fingerprint density at radius 2 is 1.40 bits per heavy atom. The molecule has 4 aromatic carbocycles. The molecule has 2 aliphatic rings. The molecule has 0 unspecified atom stereocenters. The van der Waals surface area contributed by atoms with Gasteiger partial charge in [0.05, 0.1) is 22.4 Å². The average molecular weight is 883 g/mol. The third-order valence-electron chi connectivity index (χ3n) is 10.5. The van der Waals surface area contributed by atoms with E-state index in [2.05, 4.69) is 26.6 Å². The first-order valence-electron chi connectivity index (χ1n) is 19.8. The zero-order valence-electron chi connectivity index (χ0n) is 35.9. The van der Waals surface area contributed by atoms with E-state index in [1.165, 1.54) is 26.0 Å². The lowest BCUT2D eigenvalue weighted by molar-refractivity contribution is 0.249. The van der Waals surface area contributed by atoms with Crippen LogP contribution in [0.5, 0.6) is 0 Å². The van der Waals surface area contributed by atoms with Crippen molar-refractivity contribution in [3.63, 3.8) is 0 Å². The predicted octanol–water partition coefficient (Wildman–Crippen LogP) is 9.59. The fraction of sp³-hybridized carbons (Fsp3) is 0.267. The summed E-state index contributed by atoms with van der Waals surface area (Å²) in [5, 5.41) is 15.5. The second-order valence-electron chi connectivity index (χ2n) is 15.5. The summed E-state index contributed by atoms with van der Waals surface area (Å²) in [6, 6.07) is 17.2. The molecule has 0 bridgehead atoms. The van der Waals surface area contributed by atoms with Crippen LogP contribution in [0.2, 0.25) is 0 Å². The van der Waals surface area contributed by atoms with Crippen molar-refractivity contribution < 1.29 is 39.9 Å². The first-order valence-corrected chi connectivity index (χ1v) is 22.7. The Morgan fingerprint density at radius 1 is 0.726 bits per heavy atom. The Kier molecular flexibility index (Phi) is 12.9. The standard InChI is InChI=1S/C45H50N6O9S2/c1-10-19-46-44(52)50-40-25(5)20-24(4)39(26(40)6)48-30-15-17-32-35(21-30)60-36-22-31(16-18-33(36)38(32)34-13-11-12-14-37(34)61(54,55)56)49-41-27(7)42(51-45(53)47-23(2)3)29(9)43(28(41)8)62(57,58)59/h11-18,20-23,48H,10,19H2,1-9H3,(H2,46,50,52)(H2,47,51,53)(H,54,55,56)(H,57,58,59)/b49-31+. The number of amides is 4. The molecule has 0 saturated heterocycles. The first-order chi connectivity index (χ1) is 29.1. The van der Waals surface area contributed by atoms with Crippen molar-refractivity contribution in [2.45, 2.75) is 84.6 Å². The molecule has 1 aliphatic heterocycles. The molecule has 326 valence electrons. The van der Waals surface area contributed by atoms with Crippen molar-refractivity contribution in [3.05, 3.63) is 105 Å². The van der Waals surface area contributed by atoms with Crippen LogP contribution in [0.1, 0.15) is 60.6 Å². The molecule has 17 heteroatoms. The normalized spacial score (nSPS) is 12.2. The SMILES string of the molecule is CCCNC(=O)Nc1c(C)cc(C)c(Nc2ccc3c(-c4ccccc4S(=O)(=O)O)c4cc/c(=N\c5c(C)c(NC(=O)NC(C)C)c(C)c(S(=O)(=O)O)c5C)cc-4oc3c2)c1C. The minimum absolute atomic E-state index is 0.132. The van der Waals surface area contributed by atoms with Crippen LogP contribution in [0, 0.1) is 41.5 Å². The lowest BCUT2D eigenvalue weighted by Gasteiger charge is -2.21. The lowest BCUT2D eigenvalue weighted by atomic mass is 9.93. The summed E-state index contributed by atoms with van der Waals surface area (Å²) in [7, 11) is -9.48. The number of aryl methyl sites for hydroxylation is 2. The third-order valence-corrected chi connectivity index (χ3v) is 12.5. The first kappa shape index (κ1) is 45.3. The second kappa shape index (κ2) is 17.6. The summed E-state index contributed by atoms with van der Waals surface area (Å²) in [4.78, 5) is 29.6. The highest BCUT2D eigenvalue weighted by molar-refractivity contribution is 7.86. The Bertz CT molecular complexity index is 3050. The van der Waals surface area contributed by atoms with Gasteiger partial charge < -0.3 is 31.0 Å². The van der Waals surface area contributed by atoms with Gasteiger partial charge in [-0.15, -0.1) is 0 Å². The minimum atomic E-state index is -4.78. The number of anilines is 4. The molecule has 4 aromatic rings. The molecule has 0 radical (unpaired) electrons. The van der Waals surface area contributed by atoms with Crippen LogP contribution < -0.4 is 31.9 Å². The van der Waals surface area contributed by atoms with Crippen LogP contribution in [0.25, 0.3) is 33.4 Å². The number of urea groups is 2. The van der Waals surface area contributed by atoms with Gasteiger partial charge >= 0.3 is 12.1 Å². The van der Waals surface area contributed by atoms with E-state index in [-0.39, 0.29) is 50.8 Å². The van der Waals surface area contributed by atoms with Gasteiger partial charge in [-0.05, 0) is 126 Å². The predicted molar refractivity (Wildman–Crippen MR) is 242 cm³/mol. The molecular weight excluding hydrogens is 833 g/mol. The molecular formula is C45H50N6O9S2. The van der Waals surface area contributed by atoms with E-state index in [0.717, 1.165) is 28.8 Å². The molecule has 0 aromatic heterocycles. The fourth-order valence-electron chi connectivity index (χ4n) is 7.79. The van der Waals surface area contributed by atoms with E-state index in [0.29, 0.717) is 50.9 Å². The summed E-state index contributed by atoms with van der Waals surface area (Å²) in [6.45, 7) is 16.5. The number of hydrogen-bond acceptors (Lipinski definition) is 9. The van der Waals surface area contributed by atoms with Crippen molar-refractivity contribution in [3.8, 4) is 22.5 Å². The zero-order chi connectivity index (χ0) is 45.4. The summed E-state index contributed by atoms with van der Waals surface area (Å²) in [6.07, 6.45) is 0.788. The summed E-state index contributed by atoms with van der Waals surface area (Å²) in [5.41, 5.74) is 7.13. The van der Waals surface area contributed by atoms with Gasteiger partial charge in [-0.1, -0.05) is 31.2 Å². The number of benzene rings is 5. The van der Waals surface area contributed by atoms with Gasteiger partial charge in [0.15, 0.2) is 0 Å². The summed E-state index contributed by atoms with van der Waals surface area (Å²) < 4.78 is 78.3. The minimum Gasteiger partial charge on any atom is -0.456 e. The van der Waals surface area contributed by atoms with E-state index in [9.17, 15) is 35.5 Å². The number of nitrogens with zero attached hydrogens (tertiary/aromatic N) is 1. The van der Waals surface area contributed by atoms with Crippen LogP contribution in [0.15, 0.2) is 85.9 Å². The smallest absolute Gasteiger partial charge is 0.319 e. The van der Waals surface area contributed by atoms with Crippen LogP contribution in [-0.4, -0.2) is 50.6 Å². The van der Waals surface area contributed by atoms with Crippen LogP contribution in [0.4, 0.5) is 38.0 Å². The summed E-state index contributed by atoms with van der Waals surface area (Å²) >= 11 is 0. The van der Waals surface area contributed by atoms with E-state index in [1.807, 2.05) is 39.8 Å². The number of fused-ring (bicyclic) bond motifs is 2. The molecule has 7 N–H and O–H groups in total. The van der Waals surface area contributed by atoms with Crippen LogP contribution in [-0.2, 0) is 20.2 Å². The maximum absolute atomic E-state index is 12.8. The Labute approximate surface area is 360 Å². The molecule has 1 heterocycles. The van der Waals surface area contributed by atoms with E-state index in [4.69, 9.17) is 9.41 Å². The van der Waals surface area contributed by atoms with Gasteiger partial charge in [-0.3, -0.25) is 9.11 Å². The molecule has 0 spiro atoms. The van der Waals surface area contributed by atoms with E-state index >= 15 is 0 Å². The van der Waals surface area contributed by atoms with E-state index in [1.54, 1.807) is 63.2 Å². The van der Waals surface area contributed by atoms with Crippen molar-refractivity contribution >= 4 is 71.7 Å². The van der Waals surface area contributed by atoms with Gasteiger partial charge in [0, 0.05) is 58.2 Å². The number of carbonyl (C=O) groups excluding carboxylic acids is 2. The Balaban J connectivity index is 1.59. The van der Waals surface area contributed by atoms with Crippen LogP contribution >= 0.6 is 0 Å². The fourth-order valence-corrected chi connectivity index (χ4v) is 9.46. The number of rotatable bonds is 11. The monoisotopic (exact) mass is 882 g/mol. The maximum Gasteiger partial charge on any atom is 0.319 e. The molecule has 6 rings (SSSR count). The molecule has 0 fully saturated rings. The third kappa shape index (κ3) is 9.30. The maximum atomic E-state index is 12.8. The number of carbonyl (C=O) groups is 2. The second-order valence-corrected chi connectivity index (χ2v) is 18.2. The van der Waals surface area contributed by atoms with Gasteiger partial charge in [-0.2, -0.15) is 16.8 Å². The van der Waals surface area contributed by atoms with Crippen molar-refractivity contribution in [1.82, 2.24) is 10.6 Å². The highest BCUT2D eigenvalue weighted by Gasteiger charge is 2.27. The highest BCUT2D eigenvalue weighted by atomic mass is 32.2. The van der Waals surface area contributed by atoms with Gasteiger partial charge in [0.25, 0.3) is 20.2 Å². The Morgan fingerprint density at radius 3 is 2.06 bits per heavy atom. The molecule has 62 heavy (non-hydrogen) atoms. The van der Waals surface area contributed by atoms with Crippen molar-refractivity contribution in [2.24, 2.45) is 4.99 Å². The molecule has 15 nitrogen and oxygen atoms in total. The Hall–Kier alpha value is -6.27. The lowest BCUT2D eigenvalue weighted by Crippen LogP contribution is -2.34. The van der Waals surface area contributed by atoms with Gasteiger partial charge in [0.1, 0.15) is 21.1 Å². The molecule has 0 atom stereocenters. The molecule has 1 aliphatic carbocycles. The van der Waals surface area contributed by atoms with Crippen molar-refractivity contribution in [2.75, 3.05) is 22.5 Å². The topological polar surface area (TPSA) is 229 Å². The number of hydrogen-bond donors (Lipinski definition) is 7. The van der Waals surface area contributed by atoms with Crippen molar-refractivity contribution in [1.29, 1.82) is 0 Å². The summed E-state index contributed by atoms with van der Waals surface area (Å²) in [5.74, 6) is 0.260. The van der Waals surface area contributed by atoms with E-state index < -0.39 is 31.2 Å².